The molecular weight excluding hydrogens is 306 g/mol. The number of hydrogen-bond donors (Lipinski definition) is 1. The van der Waals surface area contributed by atoms with E-state index in [2.05, 4.69) is 22.4 Å². The lowest BCUT2D eigenvalue weighted by atomic mass is 10.1. The number of aromatic nitrogens is 2. The Balaban J connectivity index is 1.43. The number of hydrogen-bond acceptors (Lipinski definition) is 4. The van der Waals surface area contributed by atoms with Gasteiger partial charge in [0.25, 0.3) is 5.91 Å². The monoisotopic (exact) mass is 327 g/mol. The van der Waals surface area contributed by atoms with E-state index in [1.165, 1.54) is 0 Å². The van der Waals surface area contributed by atoms with Gasteiger partial charge in [0, 0.05) is 13.2 Å². The Morgan fingerprint density at radius 3 is 2.96 bits per heavy atom. The fraction of sp³-hybridized carbons (Fsp3) is 0.444. The Bertz CT molecular complexity index is 708. The van der Waals surface area contributed by atoms with Crippen LogP contribution >= 0.6 is 0 Å². The number of fused-ring (bicyclic) bond motifs is 1. The van der Waals surface area contributed by atoms with Crippen LogP contribution in [0.1, 0.15) is 40.7 Å². The zero-order valence-corrected chi connectivity index (χ0v) is 13.5. The van der Waals surface area contributed by atoms with Crippen molar-refractivity contribution < 1.29 is 14.3 Å². The van der Waals surface area contributed by atoms with Gasteiger partial charge in [-0.25, -0.2) is 4.98 Å². The van der Waals surface area contributed by atoms with Crippen LogP contribution in [0.25, 0.3) is 0 Å². The number of carbonyl (C=O) groups is 1. The first-order valence-corrected chi connectivity index (χ1v) is 8.41. The average Bonchev–Trinajstić information content (AvgIpc) is 3.29. The van der Waals surface area contributed by atoms with E-state index in [4.69, 9.17) is 9.47 Å². The lowest BCUT2D eigenvalue weighted by Gasteiger charge is -2.25. The van der Waals surface area contributed by atoms with Crippen molar-refractivity contribution in [1.29, 1.82) is 0 Å². The molecule has 1 aromatic carbocycles. The van der Waals surface area contributed by atoms with Crippen LogP contribution in [-0.4, -0.2) is 34.7 Å². The van der Waals surface area contributed by atoms with E-state index in [1.807, 2.05) is 22.8 Å². The minimum Gasteiger partial charge on any atom is -0.376 e. The SMILES string of the molecule is O=C(NC[C@@H]1CCCO1)c1ncn2c1CO[C@@H](c1ccccc1)C2. The third kappa shape index (κ3) is 3.07. The van der Waals surface area contributed by atoms with Crippen LogP contribution in [0.4, 0.5) is 0 Å². The van der Waals surface area contributed by atoms with Crippen molar-refractivity contribution in [2.75, 3.05) is 13.2 Å². The lowest BCUT2D eigenvalue weighted by molar-refractivity contribution is 0.00256. The summed E-state index contributed by atoms with van der Waals surface area (Å²) in [4.78, 5) is 16.7. The zero-order valence-electron chi connectivity index (χ0n) is 13.5. The molecule has 1 amide bonds. The van der Waals surface area contributed by atoms with E-state index in [0.29, 0.717) is 25.4 Å². The standard InChI is InChI=1S/C18H21N3O3/c22-18(19-9-14-7-4-8-23-14)17-15-11-24-16(10-21(15)12-20-17)13-5-2-1-3-6-13/h1-3,5-6,12,14,16H,4,7-11H2,(H,19,22)/t14-,16+/m0/s1. The minimum atomic E-state index is -0.152. The second kappa shape index (κ2) is 6.75. The number of benzene rings is 1. The van der Waals surface area contributed by atoms with Crippen molar-refractivity contribution >= 4 is 5.91 Å². The van der Waals surface area contributed by atoms with Crippen LogP contribution < -0.4 is 5.32 Å². The Labute approximate surface area is 140 Å². The van der Waals surface area contributed by atoms with Gasteiger partial charge in [-0.3, -0.25) is 4.79 Å². The van der Waals surface area contributed by atoms with Gasteiger partial charge in [0.05, 0.1) is 31.3 Å². The summed E-state index contributed by atoms with van der Waals surface area (Å²) in [6.45, 7) is 2.39. The highest BCUT2D eigenvalue weighted by atomic mass is 16.5. The van der Waals surface area contributed by atoms with E-state index in [-0.39, 0.29) is 18.1 Å². The number of nitrogens with one attached hydrogen (secondary N) is 1. The maximum Gasteiger partial charge on any atom is 0.271 e. The Hall–Kier alpha value is -2.18. The second-order valence-electron chi connectivity index (χ2n) is 6.25. The molecule has 2 aliphatic rings. The van der Waals surface area contributed by atoms with Gasteiger partial charge in [-0.1, -0.05) is 30.3 Å². The molecule has 3 heterocycles. The summed E-state index contributed by atoms with van der Waals surface area (Å²) in [7, 11) is 0. The molecule has 0 spiro atoms. The smallest absolute Gasteiger partial charge is 0.271 e. The van der Waals surface area contributed by atoms with Gasteiger partial charge in [-0.15, -0.1) is 0 Å². The molecule has 1 fully saturated rings. The van der Waals surface area contributed by atoms with Crippen molar-refractivity contribution in [1.82, 2.24) is 14.9 Å². The molecule has 6 heteroatoms. The molecular formula is C18H21N3O3. The molecule has 126 valence electrons. The maximum atomic E-state index is 12.4. The summed E-state index contributed by atoms with van der Waals surface area (Å²) >= 11 is 0. The topological polar surface area (TPSA) is 65.4 Å². The van der Waals surface area contributed by atoms with Crippen LogP contribution in [0.2, 0.25) is 0 Å². The van der Waals surface area contributed by atoms with E-state index < -0.39 is 0 Å². The Kier molecular flexibility index (Phi) is 4.32. The zero-order chi connectivity index (χ0) is 16.4. The molecule has 4 rings (SSSR count). The number of ether oxygens (including phenoxy) is 2. The fourth-order valence-corrected chi connectivity index (χ4v) is 3.28. The molecule has 0 saturated carbocycles. The van der Waals surface area contributed by atoms with Crippen LogP contribution in [0.5, 0.6) is 0 Å². The van der Waals surface area contributed by atoms with E-state index >= 15 is 0 Å². The third-order valence-electron chi connectivity index (χ3n) is 4.63. The summed E-state index contributed by atoms with van der Waals surface area (Å²) in [5, 5.41) is 2.92. The van der Waals surface area contributed by atoms with Crippen molar-refractivity contribution in [2.45, 2.75) is 38.2 Å². The summed E-state index contributed by atoms with van der Waals surface area (Å²) in [6.07, 6.45) is 3.93. The van der Waals surface area contributed by atoms with E-state index in [1.54, 1.807) is 6.33 Å². The number of nitrogens with zero attached hydrogens (tertiary/aromatic N) is 2. The average molecular weight is 327 g/mol. The number of amides is 1. The van der Waals surface area contributed by atoms with Gasteiger partial charge < -0.3 is 19.4 Å². The predicted octanol–water partition coefficient (Wildman–Crippen LogP) is 2.06. The molecule has 0 radical (unpaired) electrons. The highest BCUT2D eigenvalue weighted by molar-refractivity contribution is 5.93. The van der Waals surface area contributed by atoms with Crippen molar-refractivity contribution in [3.63, 3.8) is 0 Å². The molecule has 1 saturated heterocycles. The van der Waals surface area contributed by atoms with Gasteiger partial charge in [-0.05, 0) is 18.4 Å². The molecule has 0 bridgehead atoms. The van der Waals surface area contributed by atoms with Crippen LogP contribution in [0, 0.1) is 0 Å². The lowest BCUT2D eigenvalue weighted by Crippen LogP contribution is -2.33. The summed E-state index contributed by atoms with van der Waals surface area (Å²) in [6, 6.07) is 10.1. The minimum absolute atomic E-state index is 0.00398. The molecule has 0 unspecified atom stereocenters. The molecule has 2 atom stereocenters. The summed E-state index contributed by atoms with van der Waals surface area (Å²) < 4.78 is 13.5. The highest BCUT2D eigenvalue weighted by Gasteiger charge is 2.26. The first-order valence-electron chi connectivity index (χ1n) is 8.41. The van der Waals surface area contributed by atoms with Gasteiger partial charge in [0.2, 0.25) is 0 Å². The summed E-state index contributed by atoms with van der Waals surface area (Å²) in [5.74, 6) is -0.152. The van der Waals surface area contributed by atoms with Gasteiger partial charge in [-0.2, -0.15) is 0 Å². The fourth-order valence-electron chi connectivity index (χ4n) is 3.28. The third-order valence-corrected chi connectivity index (χ3v) is 4.63. The van der Waals surface area contributed by atoms with Gasteiger partial charge in [0.1, 0.15) is 6.10 Å². The normalized spacial score (nSPS) is 23.0. The maximum absolute atomic E-state index is 12.4. The van der Waals surface area contributed by atoms with Crippen molar-refractivity contribution in [3.05, 3.63) is 53.6 Å². The molecule has 2 aliphatic heterocycles. The molecule has 0 aliphatic carbocycles. The molecule has 1 aromatic heterocycles. The van der Waals surface area contributed by atoms with E-state index in [9.17, 15) is 4.79 Å². The quantitative estimate of drug-likeness (QED) is 0.933. The van der Waals surface area contributed by atoms with Crippen LogP contribution in [0.3, 0.4) is 0 Å². The first-order chi connectivity index (χ1) is 11.8. The Morgan fingerprint density at radius 2 is 2.17 bits per heavy atom. The molecule has 6 nitrogen and oxygen atoms in total. The number of rotatable bonds is 4. The Morgan fingerprint density at radius 1 is 1.29 bits per heavy atom. The molecule has 1 N–H and O–H groups in total. The molecule has 2 aromatic rings. The van der Waals surface area contributed by atoms with Crippen LogP contribution in [0.15, 0.2) is 36.7 Å². The van der Waals surface area contributed by atoms with Gasteiger partial charge in [0.15, 0.2) is 5.69 Å². The number of imidazole rings is 1. The first kappa shape index (κ1) is 15.4. The van der Waals surface area contributed by atoms with E-state index in [0.717, 1.165) is 30.7 Å². The summed E-state index contributed by atoms with van der Waals surface area (Å²) in [5.41, 5.74) is 2.44. The largest absolute Gasteiger partial charge is 0.376 e. The van der Waals surface area contributed by atoms with Crippen molar-refractivity contribution in [2.24, 2.45) is 0 Å². The van der Waals surface area contributed by atoms with Crippen LogP contribution in [-0.2, 0) is 22.6 Å². The highest BCUT2D eigenvalue weighted by Crippen LogP contribution is 2.27. The second-order valence-corrected chi connectivity index (χ2v) is 6.25. The van der Waals surface area contributed by atoms with Crippen molar-refractivity contribution in [3.8, 4) is 0 Å². The number of carbonyl (C=O) groups excluding carboxylic acids is 1. The van der Waals surface area contributed by atoms with Gasteiger partial charge >= 0.3 is 0 Å². The predicted molar refractivity (Wildman–Crippen MR) is 87.5 cm³/mol. The molecule has 24 heavy (non-hydrogen) atoms.